The minimum Gasteiger partial charge on any atom is -0.377 e. The molecule has 1 aliphatic heterocycles. The molecule has 70 valence electrons. The van der Waals surface area contributed by atoms with Crippen LogP contribution in [0.2, 0.25) is 0 Å². The van der Waals surface area contributed by atoms with Gasteiger partial charge in [-0.1, -0.05) is 6.92 Å². The Bertz CT molecular complexity index is 154. The summed E-state index contributed by atoms with van der Waals surface area (Å²) in [7, 11) is 0. The molecule has 0 spiro atoms. The Balaban J connectivity index is 1.72. The molecule has 1 heterocycles. The maximum Gasteiger partial charge on any atom is 0.0700 e. The van der Waals surface area contributed by atoms with Crippen LogP contribution in [0, 0.1) is 5.92 Å². The third kappa shape index (κ3) is 1.64. The van der Waals surface area contributed by atoms with Crippen LogP contribution >= 0.6 is 0 Å². The molecule has 2 aliphatic rings. The van der Waals surface area contributed by atoms with Gasteiger partial charge in [0.25, 0.3) is 0 Å². The smallest absolute Gasteiger partial charge is 0.0700 e. The third-order valence-corrected chi connectivity index (χ3v) is 3.20. The molecule has 1 N–H and O–H groups in total. The predicted molar refractivity (Wildman–Crippen MR) is 49.1 cm³/mol. The SMILES string of the molecule is CC1CC(NC2CCOC2C)C1. The van der Waals surface area contributed by atoms with Gasteiger partial charge < -0.3 is 10.1 Å². The molecular formula is C10H19NO. The van der Waals surface area contributed by atoms with Crippen molar-refractivity contribution < 1.29 is 4.74 Å². The molecule has 2 heteroatoms. The average molecular weight is 169 g/mol. The van der Waals surface area contributed by atoms with Crippen LogP contribution in [-0.2, 0) is 4.74 Å². The lowest BCUT2D eigenvalue weighted by atomic mass is 9.81. The van der Waals surface area contributed by atoms with Gasteiger partial charge in [0.05, 0.1) is 6.10 Å². The molecule has 2 unspecified atom stereocenters. The number of ether oxygens (including phenoxy) is 1. The second-order valence-corrected chi connectivity index (χ2v) is 4.41. The molecule has 0 aromatic heterocycles. The van der Waals surface area contributed by atoms with Gasteiger partial charge in [-0.3, -0.25) is 0 Å². The van der Waals surface area contributed by atoms with Gasteiger partial charge in [-0.2, -0.15) is 0 Å². The molecule has 0 aromatic carbocycles. The van der Waals surface area contributed by atoms with E-state index in [1.54, 1.807) is 0 Å². The van der Waals surface area contributed by atoms with Crippen molar-refractivity contribution in [2.24, 2.45) is 5.92 Å². The van der Waals surface area contributed by atoms with E-state index in [0.717, 1.165) is 18.6 Å². The summed E-state index contributed by atoms with van der Waals surface area (Å²) in [5.41, 5.74) is 0. The van der Waals surface area contributed by atoms with Gasteiger partial charge in [0.15, 0.2) is 0 Å². The van der Waals surface area contributed by atoms with Gasteiger partial charge in [-0.15, -0.1) is 0 Å². The molecule has 1 saturated carbocycles. The van der Waals surface area contributed by atoms with E-state index < -0.39 is 0 Å². The summed E-state index contributed by atoms with van der Waals surface area (Å²) in [5.74, 6) is 0.945. The normalized spacial score (nSPS) is 47.5. The van der Waals surface area contributed by atoms with Crippen molar-refractivity contribution in [2.45, 2.75) is 51.3 Å². The van der Waals surface area contributed by atoms with E-state index in [-0.39, 0.29) is 0 Å². The first kappa shape index (κ1) is 8.52. The first-order valence-electron chi connectivity index (χ1n) is 5.13. The van der Waals surface area contributed by atoms with Gasteiger partial charge in [-0.05, 0) is 32.1 Å². The van der Waals surface area contributed by atoms with E-state index in [4.69, 9.17) is 4.74 Å². The van der Waals surface area contributed by atoms with Crippen molar-refractivity contribution in [1.29, 1.82) is 0 Å². The standard InChI is InChI=1S/C10H19NO/c1-7-5-9(6-7)11-10-3-4-12-8(10)2/h7-11H,3-6H2,1-2H3. The minimum absolute atomic E-state index is 0.431. The van der Waals surface area contributed by atoms with Gasteiger partial charge >= 0.3 is 0 Å². The molecule has 12 heavy (non-hydrogen) atoms. The summed E-state index contributed by atoms with van der Waals surface area (Å²) in [4.78, 5) is 0. The second-order valence-electron chi connectivity index (χ2n) is 4.41. The lowest BCUT2D eigenvalue weighted by Crippen LogP contribution is -2.47. The third-order valence-electron chi connectivity index (χ3n) is 3.20. The van der Waals surface area contributed by atoms with Gasteiger partial charge in [0.2, 0.25) is 0 Å². The quantitative estimate of drug-likeness (QED) is 0.677. The fourth-order valence-electron chi connectivity index (χ4n) is 2.29. The van der Waals surface area contributed by atoms with Crippen LogP contribution in [0.15, 0.2) is 0 Å². The number of nitrogens with one attached hydrogen (secondary N) is 1. The zero-order valence-corrected chi connectivity index (χ0v) is 8.05. The molecule has 0 radical (unpaired) electrons. The summed E-state index contributed by atoms with van der Waals surface area (Å²) in [6.45, 7) is 5.45. The van der Waals surface area contributed by atoms with Gasteiger partial charge in [-0.25, -0.2) is 0 Å². The fraction of sp³-hybridized carbons (Fsp3) is 1.00. The average Bonchev–Trinajstić information content (AvgIpc) is 2.33. The lowest BCUT2D eigenvalue weighted by Gasteiger charge is -2.36. The van der Waals surface area contributed by atoms with Crippen molar-refractivity contribution in [3.8, 4) is 0 Å². The molecule has 2 fully saturated rings. The molecule has 1 saturated heterocycles. The molecule has 2 nitrogen and oxygen atoms in total. The Hall–Kier alpha value is -0.0800. The Morgan fingerprint density at radius 1 is 1.25 bits per heavy atom. The Morgan fingerprint density at radius 3 is 2.50 bits per heavy atom. The summed E-state index contributed by atoms with van der Waals surface area (Å²) in [6, 6.07) is 1.41. The second kappa shape index (κ2) is 3.35. The van der Waals surface area contributed by atoms with E-state index in [1.165, 1.54) is 19.3 Å². The molecule has 2 rings (SSSR count). The van der Waals surface area contributed by atoms with E-state index >= 15 is 0 Å². The highest BCUT2D eigenvalue weighted by Crippen LogP contribution is 2.28. The fourth-order valence-corrected chi connectivity index (χ4v) is 2.29. The summed E-state index contributed by atoms with van der Waals surface area (Å²) < 4.78 is 5.50. The highest BCUT2D eigenvalue weighted by Gasteiger charge is 2.31. The highest BCUT2D eigenvalue weighted by molar-refractivity contribution is 4.88. The lowest BCUT2D eigenvalue weighted by molar-refractivity contribution is 0.103. The number of rotatable bonds is 2. The van der Waals surface area contributed by atoms with Crippen LogP contribution in [0.25, 0.3) is 0 Å². The molecule has 0 bridgehead atoms. The van der Waals surface area contributed by atoms with Gasteiger partial charge in [0.1, 0.15) is 0 Å². The molecule has 0 amide bonds. The van der Waals surface area contributed by atoms with E-state index in [2.05, 4.69) is 19.2 Å². The van der Waals surface area contributed by atoms with Crippen LogP contribution in [0.1, 0.15) is 33.1 Å². The Kier molecular flexibility index (Phi) is 2.37. The van der Waals surface area contributed by atoms with Crippen molar-refractivity contribution in [1.82, 2.24) is 5.32 Å². The van der Waals surface area contributed by atoms with Crippen LogP contribution in [0.5, 0.6) is 0 Å². The topological polar surface area (TPSA) is 21.3 Å². The highest BCUT2D eigenvalue weighted by atomic mass is 16.5. The molecule has 1 aliphatic carbocycles. The monoisotopic (exact) mass is 169 g/mol. The number of hydrogen-bond acceptors (Lipinski definition) is 2. The summed E-state index contributed by atoms with van der Waals surface area (Å²) in [6.07, 6.45) is 4.36. The van der Waals surface area contributed by atoms with E-state index in [1.807, 2.05) is 0 Å². The van der Waals surface area contributed by atoms with Gasteiger partial charge in [0, 0.05) is 18.7 Å². The molecule has 2 atom stereocenters. The maximum atomic E-state index is 5.50. The number of hydrogen-bond donors (Lipinski definition) is 1. The van der Waals surface area contributed by atoms with Crippen LogP contribution in [-0.4, -0.2) is 24.8 Å². The molecule has 0 aromatic rings. The maximum absolute atomic E-state index is 5.50. The minimum atomic E-state index is 0.431. The van der Waals surface area contributed by atoms with Crippen molar-refractivity contribution in [3.63, 3.8) is 0 Å². The van der Waals surface area contributed by atoms with Crippen LogP contribution in [0.4, 0.5) is 0 Å². The van der Waals surface area contributed by atoms with Crippen molar-refractivity contribution in [2.75, 3.05) is 6.61 Å². The zero-order chi connectivity index (χ0) is 8.55. The first-order valence-corrected chi connectivity index (χ1v) is 5.13. The Morgan fingerprint density at radius 2 is 2.00 bits per heavy atom. The van der Waals surface area contributed by atoms with Crippen molar-refractivity contribution in [3.05, 3.63) is 0 Å². The predicted octanol–water partition coefficient (Wildman–Crippen LogP) is 1.55. The zero-order valence-electron chi connectivity index (χ0n) is 8.05. The van der Waals surface area contributed by atoms with Crippen molar-refractivity contribution >= 4 is 0 Å². The van der Waals surface area contributed by atoms with Crippen LogP contribution < -0.4 is 5.32 Å². The van der Waals surface area contributed by atoms with E-state index in [9.17, 15) is 0 Å². The Labute approximate surface area is 74.7 Å². The first-order chi connectivity index (χ1) is 5.75. The molecular weight excluding hydrogens is 150 g/mol. The summed E-state index contributed by atoms with van der Waals surface area (Å²) >= 11 is 0. The summed E-state index contributed by atoms with van der Waals surface area (Å²) in [5, 5.41) is 3.67. The van der Waals surface area contributed by atoms with E-state index in [0.29, 0.717) is 12.1 Å². The largest absolute Gasteiger partial charge is 0.377 e. The van der Waals surface area contributed by atoms with Crippen LogP contribution in [0.3, 0.4) is 0 Å².